The minimum absolute atomic E-state index is 0.0344. The van der Waals surface area contributed by atoms with Gasteiger partial charge in [-0.3, -0.25) is 52.7 Å². The number of carbonyl (C=O) groups is 11. The van der Waals surface area contributed by atoms with Crippen molar-refractivity contribution < 1.29 is 63.0 Å². The van der Waals surface area contributed by atoms with Gasteiger partial charge in [-0.2, -0.15) is 0 Å². The van der Waals surface area contributed by atoms with Crippen molar-refractivity contribution in [1.82, 2.24) is 26.2 Å². The molecule has 2 aliphatic rings. The molecule has 0 saturated carbocycles. The lowest BCUT2D eigenvalue weighted by Crippen LogP contribution is -2.46. The second kappa shape index (κ2) is 29.8. The van der Waals surface area contributed by atoms with Crippen molar-refractivity contribution in [2.75, 3.05) is 26.2 Å². The first-order valence-corrected chi connectivity index (χ1v) is 24.4. The van der Waals surface area contributed by atoms with E-state index >= 15 is 0 Å². The number of aliphatic hydroxyl groups is 1. The summed E-state index contributed by atoms with van der Waals surface area (Å²) in [5.74, 6) is -9.62. The van der Waals surface area contributed by atoms with Gasteiger partial charge in [0.15, 0.2) is 23.1 Å². The number of hydrogen-bond donors (Lipinski definition) is 8. The summed E-state index contributed by atoms with van der Waals surface area (Å²) in [7, 11) is 0. The van der Waals surface area contributed by atoms with Crippen LogP contribution >= 0.6 is 0 Å². The third-order valence-corrected chi connectivity index (χ3v) is 12.6. The molecular weight excluding hydrogens is 883 g/mol. The van der Waals surface area contributed by atoms with E-state index in [9.17, 15) is 63.0 Å². The van der Waals surface area contributed by atoms with Crippen LogP contribution in [0.4, 0.5) is 0 Å². The predicted octanol–water partition coefficient (Wildman–Crippen LogP) is 1.05. The fraction of sp³-hybridized carbons (Fsp3) is 0.771. The van der Waals surface area contributed by atoms with E-state index in [1.807, 2.05) is 27.7 Å². The van der Waals surface area contributed by atoms with E-state index in [0.717, 1.165) is 0 Å². The zero-order valence-corrected chi connectivity index (χ0v) is 41.0. The summed E-state index contributed by atoms with van der Waals surface area (Å²) in [6, 6.07) is -3.56. The van der Waals surface area contributed by atoms with Gasteiger partial charge in [-0.25, -0.2) is 0 Å². The molecule has 2 heterocycles. The number of hydrogen-bond acceptors (Lipinski definition) is 14. The molecule has 5 amide bonds. The Morgan fingerprint density at radius 3 is 1.96 bits per heavy atom. The maximum atomic E-state index is 13.6. The minimum Gasteiger partial charge on any atom is -0.481 e. The molecule has 0 aromatic rings. The number of nitrogens with two attached hydrogens (primary N) is 2. The molecule has 0 bridgehead atoms. The number of ketones is 5. The number of nitrogens with zero attached hydrogens (tertiary/aromatic N) is 1. The van der Waals surface area contributed by atoms with Crippen molar-refractivity contribution in [3.05, 3.63) is 0 Å². The highest BCUT2D eigenvalue weighted by atomic mass is 16.4. The summed E-state index contributed by atoms with van der Waals surface area (Å²) in [6.45, 7) is 11.0. The fourth-order valence-electron chi connectivity index (χ4n) is 8.86. The highest BCUT2D eigenvalue weighted by Gasteiger charge is 2.38. The lowest BCUT2D eigenvalue weighted by molar-refractivity contribution is -0.146. The zero-order chi connectivity index (χ0) is 51.2. The van der Waals surface area contributed by atoms with E-state index in [4.69, 9.17) is 11.5 Å². The summed E-state index contributed by atoms with van der Waals surface area (Å²) in [5, 5.41) is 30.1. The number of aliphatic carboxylic acids is 1. The molecule has 0 unspecified atom stereocenters. The molecule has 2 fully saturated rings. The van der Waals surface area contributed by atoms with Crippen LogP contribution in [0.2, 0.25) is 0 Å². The van der Waals surface area contributed by atoms with Gasteiger partial charge in [-0.1, -0.05) is 41.0 Å². The first-order chi connectivity index (χ1) is 31.9. The third-order valence-electron chi connectivity index (χ3n) is 12.6. The van der Waals surface area contributed by atoms with E-state index in [1.165, 1.54) is 11.8 Å². The Morgan fingerprint density at radius 2 is 1.38 bits per heavy atom. The van der Waals surface area contributed by atoms with Crippen molar-refractivity contribution in [3.8, 4) is 0 Å². The highest BCUT2D eigenvalue weighted by Crippen LogP contribution is 2.26. The number of carboxylic acid groups (broad SMARTS) is 1. The standard InChI is InChI=1S/C48H79N7O13/c1-27(2)18-32(46(65)53-30(6)40(59)20-29(5)47(66)55-17-9-11-38(55)42(61)22-31(48(67)68)10-7-8-16-49)21-34(56)26-52-45(64)33(19-28(3)4)23-41(60)36(12-14-43(50)62)54-44(63)15-13-39(58)37-24-35(57)25-51-37/h27-33,35-38,51,57H,7-26,49H2,1-6H3,(H2,50,62)(H,52,64)(H,53,65)(H,54,63)(H,67,68)/t29-,30+,31-,32-,33-,35-,36+,37+,38+/m1/s1. The number of unbranched alkanes of at least 4 members (excludes halogenated alkanes) is 1. The Kier molecular flexibility index (Phi) is 26.0. The number of carbonyl (C=O) groups excluding carboxylic acids is 10. The maximum absolute atomic E-state index is 13.6. The van der Waals surface area contributed by atoms with Crippen LogP contribution in [0.1, 0.15) is 144 Å². The molecule has 2 aliphatic heterocycles. The van der Waals surface area contributed by atoms with Crippen LogP contribution in [-0.2, 0) is 52.7 Å². The van der Waals surface area contributed by atoms with E-state index in [-0.39, 0.29) is 101 Å². The number of aliphatic hydroxyl groups excluding tert-OH is 1. The van der Waals surface area contributed by atoms with Gasteiger partial charge in [-0.15, -0.1) is 0 Å². The maximum Gasteiger partial charge on any atom is 0.306 e. The van der Waals surface area contributed by atoms with Gasteiger partial charge in [0.05, 0.1) is 42.7 Å². The van der Waals surface area contributed by atoms with Gasteiger partial charge in [0, 0.05) is 75.8 Å². The molecule has 0 spiro atoms. The molecule has 2 rings (SSSR count). The van der Waals surface area contributed by atoms with E-state index in [0.29, 0.717) is 45.2 Å². The van der Waals surface area contributed by atoms with Crippen molar-refractivity contribution >= 4 is 64.4 Å². The van der Waals surface area contributed by atoms with Crippen LogP contribution in [-0.4, -0.2) is 136 Å². The molecule has 0 radical (unpaired) electrons. The molecule has 0 aliphatic carbocycles. The monoisotopic (exact) mass is 962 g/mol. The number of carboxylic acids is 1. The quantitative estimate of drug-likeness (QED) is 0.0418. The molecule has 20 heteroatoms. The van der Waals surface area contributed by atoms with Gasteiger partial charge in [0.25, 0.3) is 0 Å². The van der Waals surface area contributed by atoms with Gasteiger partial charge in [0.1, 0.15) is 5.78 Å². The SMILES string of the molecule is CC(C)C[C@H](CC(=O)[C@H](CCC(N)=O)NC(=O)CCC(=O)[C@@H]1C[C@@H](O)CN1)C(=O)NCC(=O)C[C@@H](CC(C)C)C(=O)N[C@@H](C)C(=O)C[C@@H](C)C(=O)N1CCC[C@H]1C(=O)C[C@@H](CCCCN)C(=O)O. The lowest BCUT2D eigenvalue weighted by Gasteiger charge is -2.28. The number of β-amino-alcohol motifs (C(OH)–C–C–N with tert-alkyl or cyclic N) is 1. The Hall–Kier alpha value is -4.95. The molecular formula is C48H79N7O13. The van der Waals surface area contributed by atoms with Crippen molar-refractivity contribution in [3.63, 3.8) is 0 Å². The average Bonchev–Trinajstić information content (AvgIpc) is 3.94. The lowest BCUT2D eigenvalue weighted by atomic mass is 9.88. The summed E-state index contributed by atoms with van der Waals surface area (Å²) >= 11 is 0. The normalized spacial score (nSPS) is 19.6. The van der Waals surface area contributed by atoms with E-state index in [1.54, 1.807) is 6.92 Å². The van der Waals surface area contributed by atoms with E-state index in [2.05, 4.69) is 21.3 Å². The third kappa shape index (κ3) is 21.1. The van der Waals surface area contributed by atoms with Gasteiger partial charge in [0.2, 0.25) is 29.5 Å². The Labute approximate surface area is 400 Å². The van der Waals surface area contributed by atoms with Crippen molar-refractivity contribution in [2.24, 2.45) is 47.0 Å². The van der Waals surface area contributed by atoms with Crippen LogP contribution < -0.4 is 32.7 Å². The van der Waals surface area contributed by atoms with Crippen LogP contribution in [0.5, 0.6) is 0 Å². The highest BCUT2D eigenvalue weighted by molar-refractivity contribution is 5.97. The Morgan fingerprint density at radius 1 is 0.735 bits per heavy atom. The average molecular weight is 962 g/mol. The molecule has 384 valence electrons. The van der Waals surface area contributed by atoms with Gasteiger partial charge < -0.3 is 47.8 Å². The molecule has 68 heavy (non-hydrogen) atoms. The zero-order valence-electron chi connectivity index (χ0n) is 41.0. The summed E-state index contributed by atoms with van der Waals surface area (Å²) in [6.07, 6.45) is 0.752. The van der Waals surface area contributed by atoms with Crippen LogP contribution in [0.3, 0.4) is 0 Å². The summed E-state index contributed by atoms with van der Waals surface area (Å²) in [5.41, 5.74) is 10.9. The summed E-state index contributed by atoms with van der Waals surface area (Å²) < 4.78 is 0. The minimum atomic E-state index is -1.18. The Bertz CT molecular complexity index is 1790. The smallest absolute Gasteiger partial charge is 0.306 e. The van der Waals surface area contributed by atoms with E-state index < -0.39 is 113 Å². The predicted molar refractivity (Wildman–Crippen MR) is 250 cm³/mol. The largest absolute Gasteiger partial charge is 0.481 e. The molecule has 9 atom stereocenters. The number of Topliss-reactive ketones (excluding diaryl/α,β-unsaturated/α-hetero) is 5. The fourth-order valence-corrected chi connectivity index (χ4v) is 8.86. The first-order valence-electron chi connectivity index (χ1n) is 24.4. The first kappa shape index (κ1) is 59.2. The van der Waals surface area contributed by atoms with Gasteiger partial charge in [-0.05, 0) is 76.7 Å². The van der Waals surface area contributed by atoms with Crippen LogP contribution in [0, 0.1) is 35.5 Å². The van der Waals surface area contributed by atoms with Crippen LogP contribution in [0.15, 0.2) is 0 Å². The number of rotatable bonds is 34. The summed E-state index contributed by atoms with van der Waals surface area (Å²) in [4.78, 5) is 144. The molecule has 2 saturated heterocycles. The number of nitrogens with one attached hydrogen (secondary N) is 4. The second-order valence-electron chi connectivity index (χ2n) is 19.7. The van der Waals surface area contributed by atoms with Crippen LogP contribution in [0.25, 0.3) is 0 Å². The molecule has 0 aromatic carbocycles. The molecule has 20 nitrogen and oxygen atoms in total. The topological polar surface area (TPSA) is 332 Å². The number of primary amides is 1. The second-order valence-corrected chi connectivity index (χ2v) is 19.7. The van der Waals surface area contributed by atoms with Gasteiger partial charge >= 0.3 is 5.97 Å². The van der Waals surface area contributed by atoms with Crippen molar-refractivity contribution in [1.29, 1.82) is 0 Å². The molecule has 10 N–H and O–H groups in total. The van der Waals surface area contributed by atoms with Crippen molar-refractivity contribution in [2.45, 2.75) is 175 Å². The number of amides is 5. The number of likely N-dealkylation sites (tertiary alicyclic amines) is 1. The Balaban J connectivity index is 2.01. The molecule has 0 aromatic heterocycles.